The van der Waals surface area contributed by atoms with Gasteiger partial charge in [-0.3, -0.25) is 0 Å². The summed E-state index contributed by atoms with van der Waals surface area (Å²) in [7, 11) is 3.86. The summed E-state index contributed by atoms with van der Waals surface area (Å²) in [5.41, 5.74) is -0.149. The van der Waals surface area contributed by atoms with E-state index in [9.17, 15) is 18.3 Å². The number of likely N-dealkylation sites (N-methyl/N-ethyl adjacent to an activating group) is 1. The normalized spacial score (nSPS) is 18.7. The van der Waals surface area contributed by atoms with Crippen LogP contribution in [0.3, 0.4) is 0 Å². The molecule has 1 aliphatic rings. The summed E-state index contributed by atoms with van der Waals surface area (Å²) in [4.78, 5) is 12.0. The number of phenols is 1. The lowest BCUT2D eigenvalue weighted by molar-refractivity contribution is -0.137. The molecule has 1 aliphatic heterocycles. The highest BCUT2D eigenvalue weighted by molar-refractivity contribution is 7.21. The average Bonchev–Trinajstić information content (AvgIpc) is 3.13. The topological polar surface area (TPSA) is 66.2 Å². The number of thiazole rings is 1. The first-order valence-electron chi connectivity index (χ1n) is 8.91. The van der Waals surface area contributed by atoms with Gasteiger partial charge in [0.25, 0.3) is 0 Å². The van der Waals surface area contributed by atoms with Gasteiger partial charge in [-0.2, -0.15) is 18.2 Å². The quantitative estimate of drug-likeness (QED) is 0.684. The third kappa shape index (κ3) is 3.53. The van der Waals surface area contributed by atoms with Crippen LogP contribution in [-0.4, -0.2) is 50.7 Å². The summed E-state index contributed by atoms with van der Waals surface area (Å²) >= 11 is 1.45. The van der Waals surface area contributed by atoms with Crippen molar-refractivity contribution in [3.8, 4) is 17.1 Å². The van der Waals surface area contributed by atoms with E-state index in [0.717, 1.165) is 48.0 Å². The first-order chi connectivity index (χ1) is 13.2. The van der Waals surface area contributed by atoms with Crippen LogP contribution in [0.4, 0.5) is 18.3 Å². The molecule has 4 rings (SSSR count). The van der Waals surface area contributed by atoms with Crippen LogP contribution < -0.4 is 5.32 Å². The fourth-order valence-electron chi connectivity index (χ4n) is 3.53. The lowest BCUT2D eigenvalue weighted by Gasteiger charge is -2.29. The van der Waals surface area contributed by atoms with Crippen molar-refractivity contribution >= 4 is 26.9 Å². The van der Waals surface area contributed by atoms with Crippen molar-refractivity contribution in [2.75, 3.05) is 25.5 Å². The van der Waals surface area contributed by atoms with Gasteiger partial charge in [0.15, 0.2) is 10.8 Å². The van der Waals surface area contributed by atoms with E-state index in [-0.39, 0.29) is 5.56 Å². The first-order valence-corrected chi connectivity index (χ1v) is 9.73. The molecule has 0 amide bonds. The minimum Gasteiger partial charge on any atom is -0.507 e. The molecule has 28 heavy (non-hydrogen) atoms. The van der Waals surface area contributed by atoms with E-state index in [4.69, 9.17) is 0 Å². The van der Waals surface area contributed by atoms with Crippen molar-refractivity contribution in [3.63, 3.8) is 0 Å². The molecular weight excluding hydrogens is 391 g/mol. The third-order valence-electron chi connectivity index (χ3n) is 4.94. The maximum Gasteiger partial charge on any atom is 0.416 e. The molecule has 6 nitrogen and oxygen atoms in total. The SMILES string of the molecule is CN1CCC[C@@H](Nc2nc3nc(-c4ccc(C(F)(F)F)cc4O)n(C)c3s2)C1. The highest BCUT2D eigenvalue weighted by Crippen LogP contribution is 2.38. The van der Waals surface area contributed by atoms with Crippen molar-refractivity contribution in [2.45, 2.75) is 25.1 Å². The van der Waals surface area contributed by atoms with Crippen molar-refractivity contribution in [3.05, 3.63) is 23.8 Å². The van der Waals surface area contributed by atoms with Gasteiger partial charge in [0.05, 0.1) is 11.1 Å². The molecule has 0 aliphatic carbocycles. The Labute approximate surface area is 163 Å². The molecular formula is C18H20F3N5OS. The number of piperidine rings is 1. The number of likely N-dealkylation sites (tertiary alicyclic amines) is 1. The number of hydrogen-bond acceptors (Lipinski definition) is 6. The number of rotatable bonds is 3. The molecule has 3 heterocycles. The minimum absolute atomic E-state index is 0.240. The number of nitrogens with zero attached hydrogens (tertiary/aromatic N) is 4. The highest BCUT2D eigenvalue weighted by Gasteiger charge is 2.31. The van der Waals surface area contributed by atoms with Crippen molar-refractivity contribution < 1.29 is 18.3 Å². The largest absolute Gasteiger partial charge is 0.507 e. The Morgan fingerprint density at radius 3 is 2.68 bits per heavy atom. The number of fused-ring (bicyclic) bond motifs is 1. The molecule has 0 spiro atoms. The Balaban J connectivity index is 1.62. The highest BCUT2D eigenvalue weighted by atomic mass is 32.1. The second-order valence-corrected chi connectivity index (χ2v) is 8.10. The van der Waals surface area contributed by atoms with Gasteiger partial charge in [0, 0.05) is 19.6 Å². The van der Waals surface area contributed by atoms with Crippen LogP contribution in [0.5, 0.6) is 5.75 Å². The number of nitrogens with one attached hydrogen (secondary N) is 1. The van der Waals surface area contributed by atoms with Crippen molar-refractivity contribution in [1.82, 2.24) is 19.4 Å². The van der Waals surface area contributed by atoms with Crippen LogP contribution in [0.15, 0.2) is 18.2 Å². The van der Waals surface area contributed by atoms with E-state index in [2.05, 4.69) is 27.2 Å². The van der Waals surface area contributed by atoms with E-state index < -0.39 is 17.5 Å². The fraction of sp³-hybridized carbons (Fsp3) is 0.444. The lowest BCUT2D eigenvalue weighted by Crippen LogP contribution is -2.39. The molecule has 0 radical (unpaired) electrons. The summed E-state index contributed by atoms with van der Waals surface area (Å²) in [5, 5.41) is 14.3. The number of halogens is 3. The molecule has 1 saturated heterocycles. The van der Waals surface area contributed by atoms with Crippen molar-refractivity contribution in [2.24, 2.45) is 7.05 Å². The Bertz CT molecular complexity index is 1010. The number of aromatic hydroxyl groups is 1. The van der Waals surface area contributed by atoms with Crippen molar-refractivity contribution in [1.29, 1.82) is 0 Å². The number of alkyl halides is 3. The number of imidazole rings is 1. The van der Waals surface area contributed by atoms with Gasteiger partial charge in [-0.25, -0.2) is 4.98 Å². The second-order valence-electron chi connectivity index (χ2n) is 7.12. The molecule has 2 aromatic heterocycles. The van der Waals surface area contributed by atoms with Crippen LogP contribution in [0.25, 0.3) is 21.9 Å². The van der Waals surface area contributed by atoms with E-state index in [0.29, 0.717) is 17.5 Å². The molecule has 1 atom stereocenters. The lowest BCUT2D eigenvalue weighted by atomic mass is 10.1. The Kier molecular flexibility index (Phi) is 4.70. The smallest absolute Gasteiger partial charge is 0.416 e. The van der Waals surface area contributed by atoms with Gasteiger partial charge in [0.2, 0.25) is 0 Å². The molecule has 1 aromatic carbocycles. The van der Waals surface area contributed by atoms with Gasteiger partial charge in [0.1, 0.15) is 16.4 Å². The number of aryl methyl sites for hydroxylation is 1. The van der Waals surface area contributed by atoms with E-state index in [1.165, 1.54) is 17.4 Å². The molecule has 0 unspecified atom stereocenters. The summed E-state index contributed by atoms with van der Waals surface area (Å²) in [6.45, 7) is 2.05. The van der Waals surface area contributed by atoms with E-state index in [1.807, 2.05) is 0 Å². The molecule has 3 aromatic rings. The number of anilines is 1. The molecule has 10 heteroatoms. The summed E-state index contributed by atoms with van der Waals surface area (Å²) in [5.74, 6) is -0.0805. The van der Waals surface area contributed by atoms with Crippen LogP contribution >= 0.6 is 11.3 Å². The van der Waals surface area contributed by atoms with Crippen LogP contribution in [-0.2, 0) is 13.2 Å². The second kappa shape index (κ2) is 6.93. The molecule has 150 valence electrons. The summed E-state index contributed by atoms with van der Waals surface area (Å²) in [6, 6.07) is 3.23. The monoisotopic (exact) mass is 411 g/mol. The molecule has 2 N–H and O–H groups in total. The van der Waals surface area contributed by atoms with Crippen LogP contribution in [0.2, 0.25) is 0 Å². The van der Waals surface area contributed by atoms with Crippen LogP contribution in [0, 0.1) is 0 Å². The Morgan fingerprint density at radius 2 is 2.04 bits per heavy atom. The fourth-order valence-corrected chi connectivity index (χ4v) is 4.47. The maximum absolute atomic E-state index is 12.8. The van der Waals surface area contributed by atoms with E-state index in [1.54, 1.807) is 11.6 Å². The van der Waals surface area contributed by atoms with Gasteiger partial charge in [-0.15, -0.1) is 0 Å². The number of hydrogen-bond donors (Lipinski definition) is 2. The molecule has 1 fully saturated rings. The molecule has 0 bridgehead atoms. The number of aromatic nitrogens is 3. The third-order valence-corrected chi connectivity index (χ3v) is 6.00. The average molecular weight is 411 g/mol. The zero-order chi connectivity index (χ0) is 20.1. The van der Waals surface area contributed by atoms with Crippen LogP contribution in [0.1, 0.15) is 18.4 Å². The minimum atomic E-state index is -4.51. The van der Waals surface area contributed by atoms with Gasteiger partial charge in [-0.05, 0) is 44.6 Å². The summed E-state index contributed by atoms with van der Waals surface area (Å²) < 4.78 is 40.2. The molecule has 0 saturated carbocycles. The zero-order valence-corrected chi connectivity index (χ0v) is 16.2. The van der Waals surface area contributed by atoms with Gasteiger partial charge in [-0.1, -0.05) is 11.3 Å². The maximum atomic E-state index is 12.8. The van der Waals surface area contributed by atoms with E-state index >= 15 is 0 Å². The standard InChI is InChI=1S/C18H20F3N5OS/c1-25-7-3-4-11(9-25)22-17-24-14-16(28-17)26(2)15(23-14)12-6-5-10(8-13(12)27)18(19,20)21/h5-6,8,11,27H,3-4,7,9H2,1-2H3,(H,22,24)/t11-/m1/s1. The predicted molar refractivity (Wildman–Crippen MR) is 103 cm³/mol. The number of phenolic OH excluding ortho intramolecular Hbond substituents is 1. The number of benzene rings is 1. The predicted octanol–water partition coefficient (Wildman–Crippen LogP) is 3.93. The first kappa shape index (κ1) is 19.0. The Morgan fingerprint density at radius 1 is 1.25 bits per heavy atom. The Hall–Kier alpha value is -2.33. The summed E-state index contributed by atoms with van der Waals surface area (Å²) in [6.07, 6.45) is -2.29. The van der Waals surface area contributed by atoms with Gasteiger partial charge >= 0.3 is 6.18 Å². The zero-order valence-electron chi connectivity index (χ0n) is 15.4. The van der Waals surface area contributed by atoms with Gasteiger partial charge < -0.3 is 19.9 Å².